The lowest BCUT2D eigenvalue weighted by Crippen LogP contribution is -2.27. The molecule has 0 bridgehead atoms. The first-order valence-corrected chi connectivity index (χ1v) is 5.94. The number of benzene rings is 1. The quantitative estimate of drug-likeness (QED) is 0.858. The molecule has 1 N–H and O–H groups in total. The smallest absolute Gasteiger partial charge is 0.412 e. The molecule has 1 rings (SSSR count). The Morgan fingerprint density at radius 1 is 1.25 bits per heavy atom. The highest BCUT2D eigenvalue weighted by Gasteiger charge is 2.19. The Kier molecular flexibility index (Phi) is 4.81. The lowest BCUT2D eigenvalue weighted by molar-refractivity contribution is 0.0635. The Hall–Kier alpha value is -2.42. The van der Waals surface area contributed by atoms with Gasteiger partial charge in [-0.1, -0.05) is 0 Å². The third kappa shape index (κ3) is 4.05. The van der Waals surface area contributed by atoms with E-state index in [2.05, 4.69) is 10.2 Å². The van der Waals surface area contributed by atoms with E-state index >= 15 is 0 Å². The van der Waals surface area contributed by atoms with Crippen LogP contribution in [-0.4, -0.2) is 25.9 Å². The van der Waals surface area contributed by atoms with Crippen LogP contribution in [0.5, 0.6) is 11.5 Å². The summed E-state index contributed by atoms with van der Waals surface area (Å²) in [6, 6.07) is 3.03. The van der Waals surface area contributed by atoms with Crippen LogP contribution in [0.3, 0.4) is 0 Å². The van der Waals surface area contributed by atoms with Crippen LogP contribution in [0.15, 0.2) is 12.1 Å². The second-order valence-electron chi connectivity index (χ2n) is 4.97. The fourth-order valence-corrected chi connectivity index (χ4v) is 1.52. The minimum absolute atomic E-state index is 0.326. The number of rotatable bonds is 3. The first kappa shape index (κ1) is 15.6. The molecule has 0 saturated carbocycles. The molecule has 0 heterocycles. The van der Waals surface area contributed by atoms with Crippen LogP contribution in [0.1, 0.15) is 20.8 Å². The molecule has 0 unspecified atom stereocenters. The van der Waals surface area contributed by atoms with Gasteiger partial charge in [0.2, 0.25) is 0 Å². The van der Waals surface area contributed by atoms with Crippen molar-refractivity contribution >= 4 is 17.5 Å². The lowest BCUT2D eigenvalue weighted by Gasteiger charge is -2.21. The van der Waals surface area contributed by atoms with E-state index in [4.69, 9.17) is 20.8 Å². The summed E-state index contributed by atoms with van der Waals surface area (Å²) in [5.74, 6) is 0.706. The molecular formula is C14H18N2O4. The maximum atomic E-state index is 11.8. The van der Waals surface area contributed by atoms with E-state index in [0.717, 1.165) is 0 Å². The first-order valence-electron chi connectivity index (χ1n) is 5.94. The zero-order valence-electron chi connectivity index (χ0n) is 12.2. The van der Waals surface area contributed by atoms with Gasteiger partial charge >= 0.3 is 6.09 Å². The van der Waals surface area contributed by atoms with Gasteiger partial charge < -0.3 is 14.2 Å². The predicted molar refractivity (Wildman–Crippen MR) is 75.7 cm³/mol. The average molecular weight is 278 g/mol. The fraction of sp³-hybridized carbons (Fsp3) is 0.429. The van der Waals surface area contributed by atoms with E-state index in [1.165, 1.54) is 26.4 Å². The van der Waals surface area contributed by atoms with Crippen molar-refractivity contribution < 1.29 is 19.0 Å². The van der Waals surface area contributed by atoms with Crippen LogP contribution >= 0.6 is 0 Å². The number of hydrogen-bond donors (Lipinski definition) is 1. The standard InChI is InChI=1S/C14H18N2O4/c1-14(2,3)20-13(17)16-10-7-9(15-4)8-11(18-5)12(10)19-6/h7-8H,1-3,5-6H3,(H,16,17). The van der Waals surface area contributed by atoms with Gasteiger partial charge in [0.1, 0.15) is 5.60 Å². The third-order valence-electron chi connectivity index (χ3n) is 2.23. The van der Waals surface area contributed by atoms with Gasteiger partial charge in [-0.3, -0.25) is 5.32 Å². The molecule has 0 fully saturated rings. The number of nitrogens with zero attached hydrogens (tertiary/aromatic N) is 1. The van der Waals surface area contributed by atoms with Crippen LogP contribution in [0.4, 0.5) is 16.2 Å². The van der Waals surface area contributed by atoms with Crippen LogP contribution in [0, 0.1) is 6.57 Å². The Morgan fingerprint density at radius 3 is 2.35 bits per heavy atom. The molecule has 0 aromatic heterocycles. The molecule has 0 aliphatic heterocycles. The maximum absolute atomic E-state index is 11.8. The molecule has 1 aromatic rings. The summed E-state index contributed by atoms with van der Waals surface area (Å²) in [5, 5.41) is 2.56. The summed E-state index contributed by atoms with van der Waals surface area (Å²) in [7, 11) is 2.92. The summed E-state index contributed by atoms with van der Waals surface area (Å²) < 4.78 is 15.5. The average Bonchev–Trinajstić information content (AvgIpc) is 2.35. The minimum atomic E-state index is -0.625. The van der Waals surface area contributed by atoms with Gasteiger partial charge in [-0.05, 0) is 32.9 Å². The summed E-state index contributed by atoms with van der Waals surface area (Å²) in [4.78, 5) is 15.1. The van der Waals surface area contributed by atoms with Gasteiger partial charge in [-0.15, -0.1) is 0 Å². The Bertz CT molecular complexity index is 541. The number of anilines is 1. The number of methoxy groups -OCH3 is 2. The van der Waals surface area contributed by atoms with Gasteiger partial charge in [0, 0.05) is 0 Å². The number of carbonyl (C=O) groups is 1. The topological polar surface area (TPSA) is 61.2 Å². The van der Waals surface area contributed by atoms with Crippen molar-refractivity contribution in [2.24, 2.45) is 0 Å². The van der Waals surface area contributed by atoms with Crippen molar-refractivity contribution in [1.29, 1.82) is 0 Å². The van der Waals surface area contributed by atoms with E-state index in [-0.39, 0.29) is 0 Å². The molecule has 6 heteroatoms. The number of hydrogen-bond acceptors (Lipinski definition) is 4. The zero-order chi connectivity index (χ0) is 15.3. The molecule has 0 aliphatic rings. The van der Waals surface area contributed by atoms with Gasteiger partial charge in [-0.2, -0.15) is 0 Å². The SMILES string of the molecule is [C-]#[N+]c1cc(NC(=O)OC(C)(C)C)c(OC)c(OC)c1. The zero-order valence-corrected chi connectivity index (χ0v) is 12.2. The first-order chi connectivity index (χ1) is 9.30. The van der Waals surface area contributed by atoms with Crippen molar-refractivity contribution in [2.45, 2.75) is 26.4 Å². The molecule has 0 radical (unpaired) electrons. The van der Waals surface area contributed by atoms with Gasteiger partial charge in [0.05, 0.1) is 26.5 Å². The normalized spacial score (nSPS) is 10.4. The summed E-state index contributed by atoms with van der Waals surface area (Å²) in [5.41, 5.74) is 0.0412. The van der Waals surface area contributed by atoms with E-state index in [9.17, 15) is 4.79 Å². The van der Waals surface area contributed by atoms with Crippen LogP contribution in [0.25, 0.3) is 4.85 Å². The van der Waals surface area contributed by atoms with Crippen LogP contribution in [-0.2, 0) is 4.74 Å². The van der Waals surface area contributed by atoms with E-state index in [1.807, 2.05) is 0 Å². The van der Waals surface area contributed by atoms with Crippen LogP contribution in [0.2, 0.25) is 0 Å². The molecular weight excluding hydrogens is 260 g/mol. The van der Waals surface area contributed by atoms with E-state index in [1.54, 1.807) is 20.8 Å². The van der Waals surface area contributed by atoms with Gasteiger partial charge in [-0.25, -0.2) is 9.64 Å². The highest BCUT2D eigenvalue weighted by molar-refractivity contribution is 5.89. The summed E-state index contributed by atoms with van der Waals surface area (Å²) >= 11 is 0. The molecule has 0 atom stereocenters. The second kappa shape index (κ2) is 6.15. The Labute approximate surface area is 118 Å². The molecule has 0 aliphatic carbocycles. The largest absolute Gasteiger partial charge is 0.494 e. The van der Waals surface area contributed by atoms with Crippen molar-refractivity contribution in [1.82, 2.24) is 0 Å². The third-order valence-corrected chi connectivity index (χ3v) is 2.23. The van der Waals surface area contributed by atoms with Crippen LogP contribution < -0.4 is 14.8 Å². The maximum Gasteiger partial charge on any atom is 0.412 e. The van der Waals surface area contributed by atoms with Crippen molar-refractivity contribution in [2.75, 3.05) is 19.5 Å². The molecule has 20 heavy (non-hydrogen) atoms. The molecule has 108 valence electrons. The Balaban J connectivity index is 3.10. The molecule has 0 saturated heterocycles. The number of nitrogens with one attached hydrogen (secondary N) is 1. The minimum Gasteiger partial charge on any atom is -0.494 e. The fourth-order valence-electron chi connectivity index (χ4n) is 1.52. The van der Waals surface area contributed by atoms with E-state index in [0.29, 0.717) is 22.9 Å². The summed E-state index contributed by atoms with van der Waals surface area (Å²) in [6.07, 6.45) is -0.625. The lowest BCUT2D eigenvalue weighted by atomic mass is 10.2. The van der Waals surface area contributed by atoms with Gasteiger partial charge in [0.15, 0.2) is 17.2 Å². The molecule has 1 amide bonds. The van der Waals surface area contributed by atoms with E-state index < -0.39 is 11.7 Å². The molecule has 6 nitrogen and oxygen atoms in total. The number of amides is 1. The van der Waals surface area contributed by atoms with Crippen molar-refractivity contribution in [3.05, 3.63) is 23.5 Å². The highest BCUT2D eigenvalue weighted by Crippen LogP contribution is 2.39. The number of ether oxygens (including phenoxy) is 3. The predicted octanol–water partition coefficient (Wildman–Crippen LogP) is 3.60. The number of carbonyl (C=O) groups excluding carboxylic acids is 1. The Morgan fingerprint density at radius 2 is 1.90 bits per heavy atom. The summed E-state index contributed by atoms with van der Waals surface area (Å²) in [6.45, 7) is 12.3. The second-order valence-corrected chi connectivity index (χ2v) is 4.97. The van der Waals surface area contributed by atoms with Crippen molar-refractivity contribution in [3.8, 4) is 11.5 Å². The molecule has 1 aromatic carbocycles. The molecule has 0 spiro atoms. The highest BCUT2D eigenvalue weighted by atomic mass is 16.6. The monoisotopic (exact) mass is 278 g/mol. The van der Waals surface area contributed by atoms with Gasteiger partial charge in [0.25, 0.3) is 0 Å². The van der Waals surface area contributed by atoms with Crippen molar-refractivity contribution in [3.63, 3.8) is 0 Å².